The van der Waals surface area contributed by atoms with Gasteiger partial charge in [-0.15, -0.1) is 11.3 Å². The van der Waals surface area contributed by atoms with Crippen LogP contribution in [-0.2, 0) is 9.59 Å². The number of aliphatic hydroxyl groups excluding tert-OH is 1. The molecule has 29 heavy (non-hydrogen) atoms. The Kier molecular flexibility index (Phi) is 4.98. The average Bonchev–Trinajstić information content (AvgIpc) is 3.32. The topological polar surface area (TPSA) is 57.6 Å². The van der Waals surface area contributed by atoms with Crippen molar-refractivity contribution in [2.24, 2.45) is 0 Å². The molecule has 1 N–H and O–H groups in total. The standard InChI is InChI=1S/C22H15ClFNO3S/c1-12-11-13(4-9-16(12)24)20(26)18-19(17-3-2-10-29-17)25(22(28)21(18)27)15-7-5-14(23)6-8-15/h2-11,19,26H,1H3/b20-18-. The number of rotatable bonds is 3. The van der Waals surface area contributed by atoms with Crippen LogP contribution in [0.4, 0.5) is 10.1 Å². The number of anilines is 1. The molecule has 4 nitrogen and oxygen atoms in total. The fourth-order valence-electron chi connectivity index (χ4n) is 3.36. The van der Waals surface area contributed by atoms with E-state index >= 15 is 0 Å². The van der Waals surface area contributed by atoms with Crippen LogP contribution in [0.5, 0.6) is 0 Å². The second kappa shape index (κ2) is 7.46. The van der Waals surface area contributed by atoms with Gasteiger partial charge in [-0.1, -0.05) is 17.7 Å². The van der Waals surface area contributed by atoms with Crippen molar-refractivity contribution >= 4 is 46.1 Å². The van der Waals surface area contributed by atoms with Gasteiger partial charge in [0.05, 0.1) is 5.57 Å². The van der Waals surface area contributed by atoms with Gasteiger partial charge >= 0.3 is 0 Å². The molecule has 3 aromatic rings. The van der Waals surface area contributed by atoms with Gasteiger partial charge in [0, 0.05) is 21.2 Å². The van der Waals surface area contributed by atoms with E-state index in [0.717, 1.165) is 4.88 Å². The third-order valence-corrected chi connectivity index (χ3v) is 5.97. The predicted octanol–water partition coefficient (Wildman–Crippen LogP) is 5.48. The molecular formula is C22H15ClFNO3S. The van der Waals surface area contributed by atoms with E-state index in [1.165, 1.54) is 34.4 Å². The number of halogens is 2. The second-order valence-electron chi connectivity index (χ2n) is 6.62. The molecule has 0 saturated carbocycles. The summed E-state index contributed by atoms with van der Waals surface area (Å²) in [6, 6.07) is 13.4. The minimum absolute atomic E-state index is 0.0293. The molecule has 1 amide bonds. The van der Waals surface area contributed by atoms with Gasteiger partial charge in [-0.2, -0.15) is 0 Å². The molecule has 146 valence electrons. The molecule has 1 aliphatic rings. The Morgan fingerprint density at radius 3 is 2.48 bits per heavy atom. The number of thiophene rings is 1. The van der Waals surface area contributed by atoms with Crippen molar-refractivity contribution in [3.05, 3.63) is 92.4 Å². The van der Waals surface area contributed by atoms with Crippen molar-refractivity contribution in [3.63, 3.8) is 0 Å². The van der Waals surface area contributed by atoms with Crippen molar-refractivity contribution in [3.8, 4) is 0 Å². The number of amides is 1. The van der Waals surface area contributed by atoms with E-state index in [2.05, 4.69) is 0 Å². The summed E-state index contributed by atoms with van der Waals surface area (Å²) in [6.45, 7) is 1.56. The predicted molar refractivity (Wildman–Crippen MR) is 112 cm³/mol. The van der Waals surface area contributed by atoms with Crippen LogP contribution < -0.4 is 4.90 Å². The molecule has 0 spiro atoms. The number of benzene rings is 2. The van der Waals surface area contributed by atoms with Crippen LogP contribution in [0.25, 0.3) is 5.76 Å². The highest BCUT2D eigenvalue weighted by atomic mass is 35.5. The molecule has 1 saturated heterocycles. The number of carbonyl (C=O) groups is 2. The lowest BCUT2D eigenvalue weighted by molar-refractivity contribution is -0.132. The Morgan fingerprint density at radius 2 is 1.86 bits per heavy atom. The first kappa shape index (κ1) is 19.4. The SMILES string of the molecule is Cc1cc(/C(O)=C2/C(=O)C(=O)N(c3ccc(Cl)cc3)C2c2cccs2)ccc1F. The molecule has 1 aromatic heterocycles. The van der Waals surface area contributed by atoms with Crippen molar-refractivity contribution in [1.29, 1.82) is 0 Å². The maximum Gasteiger partial charge on any atom is 0.300 e. The van der Waals surface area contributed by atoms with E-state index in [0.29, 0.717) is 16.3 Å². The molecular weight excluding hydrogens is 413 g/mol. The number of ketones is 1. The molecule has 1 unspecified atom stereocenters. The Morgan fingerprint density at radius 1 is 1.14 bits per heavy atom. The number of hydrogen-bond acceptors (Lipinski definition) is 4. The minimum Gasteiger partial charge on any atom is -0.507 e. The second-order valence-corrected chi connectivity index (χ2v) is 8.04. The van der Waals surface area contributed by atoms with E-state index in [-0.39, 0.29) is 16.9 Å². The van der Waals surface area contributed by atoms with Crippen LogP contribution in [0.1, 0.15) is 22.0 Å². The Balaban J connectivity index is 1.92. The van der Waals surface area contributed by atoms with E-state index < -0.39 is 23.5 Å². The zero-order chi connectivity index (χ0) is 20.7. The van der Waals surface area contributed by atoms with Crippen molar-refractivity contribution in [2.75, 3.05) is 4.90 Å². The number of aliphatic hydroxyl groups is 1. The summed E-state index contributed by atoms with van der Waals surface area (Å²) in [5.74, 6) is -2.29. The number of nitrogens with zero attached hydrogens (tertiary/aromatic N) is 1. The first-order valence-corrected chi connectivity index (χ1v) is 10.0. The Bertz CT molecular complexity index is 1140. The van der Waals surface area contributed by atoms with Gasteiger partial charge in [0.2, 0.25) is 0 Å². The molecule has 4 rings (SSSR count). The first-order chi connectivity index (χ1) is 13.9. The van der Waals surface area contributed by atoms with Gasteiger partial charge in [0.25, 0.3) is 11.7 Å². The lowest BCUT2D eigenvalue weighted by atomic mass is 9.99. The number of hydrogen-bond donors (Lipinski definition) is 1. The molecule has 0 radical (unpaired) electrons. The van der Waals surface area contributed by atoms with E-state index in [4.69, 9.17) is 11.6 Å². The Hall–Kier alpha value is -2.96. The van der Waals surface area contributed by atoms with Crippen LogP contribution in [0, 0.1) is 12.7 Å². The lowest BCUT2D eigenvalue weighted by Gasteiger charge is -2.24. The number of carbonyl (C=O) groups excluding carboxylic acids is 2. The molecule has 1 fully saturated rings. The first-order valence-electron chi connectivity index (χ1n) is 8.75. The quantitative estimate of drug-likeness (QED) is 0.342. The monoisotopic (exact) mass is 427 g/mol. The van der Waals surface area contributed by atoms with Crippen LogP contribution in [0.2, 0.25) is 5.02 Å². The van der Waals surface area contributed by atoms with Gasteiger partial charge in [0.15, 0.2) is 0 Å². The highest BCUT2D eigenvalue weighted by Crippen LogP contribution is 2.43. The summed E-state index contributed by atoms with van der Waals surface area (Å²) in [7, 11) is 0. The maximum atomic E-state index is 13.7. The third kappa shape index (κ3) is 3.34. The van der Waals surface area contributed by atoms with Gasteiger partial charge < -0.3 is 5.11 Å². The zero-order valence-corrected chi connectivity index (χ0v) is 16.8. The normalized spacial score (nSPS) is 18.4. The Labute approximate surface area is 175 Å². The average molecular weight is 428 g/mol. The molecule has 0 bridgehead atoms. The van der Waals surface area contributed by atoms with E-state index in [1.54, 1.807) is 37.3 Å². The van der Waals surface area contributed by atoms with Crippen LogP contribution in [0.3, 0.4) is 0 Å². The highest BCUT2D eigenvalue weighted by molar-refractivity contribution is 7.10. The van der Waals surface area contributed by atoms with Crippen molar-refractivity contribution in [1.82, 2.24) is 0 Å². The summed E-state index contributed by atoms with van der Waals surface area (Å²) in [5.41, 5.74) is 1.07. The minimum atomic E-state index is -0.794. The number of Topliss-reactive ketones (excluding diaryl/α,β-unsaturated/α-hetero) is 1. The van der Waals surface area contributed by atoms with E-state index in [9.17, 15) is 19.1 Å². The summed E-state index contributed by atoms with van der Waals surface area (Å²) in [5, 5.41) is 13.3. The largest absolute Gasteiger partial charge is 0.507 e. The van der Waals surface area contributed by atoms with E-state index in [1.807, 2.05) is 11.4 Å². The summed E-state index contributed by atoms with van der Waals surface area (Å²) < 4.78 is 13.7. The molecule has 2 heterocycles. The smallest absolute Gasteiger partial charge is 0.300 e. The third-order valence-electron chi connectivity index (χ3n) is 4.79. The van der Waals surface area contributed by atoms with Crippen LogP contribution in [0.15, 0.2) is 65.6 Å². The maximum absolute atomic E-state index is 13.7. The molecule has 7 heteroatoms. The fraction of sp³-hybridized carbons (Fsp3) is 0.0909. The van der Waals surface area contributed by atoms with Gasteiger partial charge in [-0.05, 0) is 66.4 Å². The molecule has 0 aliphatic carbocycles. The lowest BCUT2D eigenvalue weighted by Crippen LogP contribution is -2.29. The summed E-state index contributed by atoms with van der Waals surface area (Å²) >= 11 is 7.33. The van der Waals surface area contributed by atoms with Crippen molar-refractivity contribution in [2.45, 2.75) is 13.0 Å². The number of aryl methyl sites for hydroxylation is 1. The molecule has 2 aromatic carbocycles. The fourth-order valence-corrected chi connectivity index (χ4v) is 4.31. The van der Waals surface area contributed by atoms with Crippen molar-refractivity contribution < 1.29 is 19.1 Å². The van der Waals surface area contributed by atoms with Gasteiger partial charge in [-0.3, -0.25) is 14.5 Å². The highest BCUT2D eigenvalue weighted by Gasteiger charge is 2.47. The van der Waals surface area contributed by atoms with Gasteiger partial charge in [0.1, 0.15) is 17.6 Å². The zero-order valence-electron chi connectivity index (χ0n) is 15.2. The van der Waals surface area contributed by atoms with Gasteiger partial charge in [-0.25, -0.2) is 4.39 Å². The van der Waals surface area contributed by atoms with Crippen LogP contribution >= 0.6 is 22.9 Å². The molecule has 1 atom stereocenters. The molecule has 1 aliphatic heterocycles. The summed E-state index contributed by atoms with van der Waals surface area (Å²) in [6.07, 6.45) is 0. The summed E-state index contributed by atoms with van der Waals surface area (Å²) in [4.78, 5) is 27.9. The van der Waals surface area contributed by atoms with Crippen LogP contribution in [-0.4, -0.2) is 16.8 Å².